The molecule has 1 aromatic heterocycles. The quantitative estimate of drug-likeness (QED) is 0.448. The third kappa shape index (κ3) is 5.20. The lowest BCUT2D eigenvalue weighted by Crippen LogP contribution is -2.54. The van der Waals surface area contributed by atoms with E-state index >= 15 is 0 Å². The highest BCUT2D eigenvalue weighted by molar-refractivity contribution is 8.00. The number of piperazine rings is 1. The van der Waals surface area contributed by atoms with Crippen LogP contribution in [0.3, 0.4) is 0 Å². The van der Waals surface area contributed by atoms with Gasteiger partial charge >= 0.3 is 11.8 Å². The summed E-state index contributed by atoms with van der Waals surface area (Å²) >= 11 is 3.39. The number of benzene rings is 2. The molecule has 5 rings (SSSR count). The van der Waals surface area contributed by atoms with E-state index in [0.29, 0.717) is 31.7 Å². The molecule has 1 saturated heterocycles. The number of nitrogens with one attached hydrogen (secondary N) is 1. The number of hydrogen-bond donors (Lipinski definition) is 1. The standard InChI is InChI=1S/C24H24N4O3S2/c29-21(25-18-9-10-18)23(31)28-13-11-27(12-14-28)22(30)17-7-5-16(6-8-17)15-32-24-26-19-3-1-2-4-20(19)33-24/h1-8,18H,9-15H2,(H,25,29). The van der Waals surface area contributed by atoms with Gasteiger partial charge in [-0.2, -0.15) is 0 Å². The highest BCUT2D eigenvalue weighted by atomic mass is 32.2. The number of carbonyl (C=O) groups excluding carboxylic acids is 3. The van der Waals surface area contributed by atoms with Crippen LogP contribution in [0.25, 0.3) is 10.2 Å². The second-order valence-corrected chi connectivity index (χ2v) is 10.5. The molecular weight excluding hydrogens is 456 g/mol. The van der Waals surface area contributed by atoms with E-state index in [-0.39, 0.29) is 11.9 Å². The Labute approximate surface area is 200 Å². The van der Waals surface area contributed by atoms with Gasteiger partial charge in [-0.25, -0.2) is 4.98 Å². The van der Waals surface area contributed by atoms with Gasteiger partial charge in [0, 0.05) is 43.5 Å². The number of rotatable bonds is 5. The van der Waals surface area contributed by atoms with E-state index in [1.807, 2.05) is 42.5 Å². The largest absolute Gasteiger partial charge is 0.345 e. The number of thioether (sulfide) groups is 1. The Morgan fingerprint density at radius 1 is 0.970 bits per heavy atom. The van der Waals surface area contributed by atoms with Crippen molar-refractivity contribution < 1.29 is 14.4 Å². The molecule has 0 radical (unpaired) electrons. The fraction of sp³-hybridized carbons (Fsp3) is 0.333. The molecule has 2 aromatic carbocycles. The van der Waals surface area contributed by atoms with E-state index < -0.39 is 11.8 Å². The second kappa shape index (κ2) is 9.52. The predicted octanol–water partition coefficient (Wildman–Crippen LogP) is 3.15. The van der Waals surface area contributed by atoms with Crippen LogP contribution < -0.4 is 5.32 Å². The Hall–Kier alpha value is -2.91. The SMILES string of the molecule is O=C(NC1CC1)C(=O)N1CCN(C(=O)c2ccc(CSc3nc4ccccc4s3)cc2)CC1. The fourth-order valence-corrected chi connectivity index (χ4v) is 5.74. The van der Waals surface area contributed by atoms with E-state index in [1.165, 1.54) is 9.60 Å². The lowest BCUT2D eigenvalue weighted by molar-refractivity contribution is -0.146. The molecule has 1 N–H and O–H groups in total. The first-order chi connectivity index (χ1) is 16.1. The molecule has 3 amide bonds. The minimum Gasteiger partial charge on any atom is -0.345 e. The number of thiazole rings is 1. The summed E-state index contributed by atoms with van der Waals surface area (Å²) < 4.78 is 2.22. The van der Waals surface area contributed by atoms with Crippen molar-refractivity contribution in [1.29, 1.82) is 0 Å². The van der Waals surface area contributed by atoms with Crippen LogP contribution in [-0.2, 0) is 15.3 Å². The third-order valence-electron chi connectivity index (χ3n) is 5.80. The van der Waals surface area contributed by atoms with Crippen molar-refractivity contribution >= 4 is 51.0 Å². The molecule has 2 aliphatic rings. The van der Waals surface area contributed by atoms with Crippen LogP contribution >= 0.6 is 23.1 Å². The van der Waals surface area contributed by atoms with Gasteiger partial charge in [-0.15, -0.1) is 11.3 Å². The Morgan fingerprint density at radius 3 is 2.36 bits per heavy atom. The molecule has 1 saturated carbocycles. The molecule has 0 atom stereocenters. The Morgan fingerprint density at radius 2 is 1.67 bits per heavy atom. The van der Waals surface area contributed by atoms with Crippen LogP contribution in [0.1, 0.15) is 28.8 Å². The zero-order valence-corrected chi connectivity index (χ0v) is 19.7. The third-order valence-corrected chi connectivity index (χ3v) is 8.05. The summed E-state index contributed by atoms with van der Waals surface area (Å²) in [5.41, 5.74) is 2.79. The molecule has 170 valence electrons. The number of carbonyl (C=O) groups is 3. The van der Waals surface area contributed by atoms with Gasteiger partial charge in [0.15, 0.2) is 4.34 Å². The smallest absolute Gasteiger partial charge is 0.312 e. The molecule has 0 spiro atoms. The molecule has 9 heteroatoms. The maximum Gasteiger partial charge on any atom is 0.312 e. The summed E-state index contributed by atoms with van der Waals surface area (Å²) in [6.07, 6.45) is 1.89. The number of amides is 3. The zero-order chi connectivity index (χ0) is 22.8. The van der Waals surface area contributed by atoms with E-state index in [4.69, 9.17) is 0 Å². The lowest BCUT2D eigenvalue weighted by atomic mass is 10.1. The summed E-state index contributed by atoms with van der Waals surface area (Å²) in [7, 11) is 0. The van der Waals surface area contributed by atoms with Gasteiger partial charge < -0.3 is 15.1 Å². The number of nitrogens with zero attached hydrogens (tertiary/aromatic N) is 3. The van der Waals surface area contributed by atoms with Crippen LogP contribution in [0.2, 0.25) is 0 Å². The van der Waals surface area contributed by atoms with Crippen molar-refractivity contribution in [3.05, 3.63) is 59.7 Å². The first-order valence-electron chi connectivity index (χ1n) is 11.0. The van der Waals surface area contributed by atoms with Crippen LogP contribution in [0, 0.1) is 0 Å². The number of fused-ring (bicyclic) bond motifs is 1. The summed E-state index contributed by atoms with van der Waals surface area (Å²) in [4.78, 5) is 45.0. The summed E-state index contributed by atoms with van der Waals surface area (Å²) in [5, 5.41) is 2.73. The van der Waals surface area contributed by atoms with Gasteiger partial charge in [-0.05, 0) is 42.7 Å². The van der Waals surface area contributed by atoms with Crippen LogP contribution in [-0.4, -0.2) is 64.7 Å². The number of hydrogen-bond acceptors (Lipinski definition) is 6. The van der Waals surface area contributed by atoms with Crippen LogP contribution in [0.4, 0.5) is 0 Å². The van der Waals surface area contributed by atoms with Gasteiger partial charge in [0.05, 0.1) is 10.2 Å². The van der Waals surface area contributed by atoms with Gasteiger partial charge in [0.2, 0.25) is 0 Å². The molecule has 3 aromatic rings. The summed E-state index contributed by atoms with van der Waals surface area (Å²) in [5.74, 6) is -0.284. The molecule has 33 heavy (non-hydrogen) atoms. The summed E-state index contributed by atoms with van der Waals surface area (Å²) in [6, 6.07) is 16.0. The molecule has 1 aliphatic heterocycles. The molecule has 2 fully saturated rings. The Bertz CT molecular complexity index is 1150. The van der Waals surface area contributed by atoms with E-state index in [0.717, 1.165) is 34.0 Å². The number of para-hydroxylation sites is 1. The topological polar surface area (TPSA) is 82.6 Å². The normalized spacial score (nSPS) is 16.1. The highest BCUT2D eigenvalue weighted by Gasteiger charge is 2.31. The lowest BCUT2D eigenvalue weighted by Gasteiger charge is -2.34. The minimum atomic E-state index is -0.531. The van der Waals surface area contributed by atoms with E-state index in [9.17, 15) is 14.4 Å². The first-order valence-corrected chi connectivity index (χ1v) is 12.8. The zero-order valence-electron chi connectivity index (χ0n) is 18.0. The van der Waals surface area contributed by atoms with Crippen molar-refractivity contribution in [2.24, 2.45) is 0 Å². The van der Waals surface area contributed by atoms with Crippen molar-refractivity contribution in [3.8, 4) is 0 Å². The molecule has 1 aliphatic carbocycles. The summed E-state index contributed by atoms with van der Waals surface area (Å²) in [6.45, 7) is 1.60. The van der Waals surface area contributed by atoms with Gasteiger partial charge in [0.1, 0.15) is 0 Å². The fourth-order valence-electron chi connectivity index (χ4n) is 3.72. The van der Waals surface area contributed by atoms with Crippen molar-refractivity contribution in [3.63, 3.8) is 0 Å². The molecule has 7 nitrogen and oxygen atoms in total. The monoisotopic (exact) mass is 480 g/mol. The van der Waals surface area contributed by atoms with E-state index in [2.05, 4.69) is 16.4 Å². The Kier molecular flexibility index (Phi) is 6.32. The van der Waals surface area contributed by atoms with Crippen molar-refractivity contribution in [1.82, 2.24) is 20.1 Å². The average Bonchev–Trinajstić information content (AvgIpc) is 3.57. The first kappa shape index (κ1) is 21.9. The van der Waals surface area contributed by atoms with Crippen molar-refractivity contribution in [2.45, 2.75) is 29.0 Å². The predicted molar refractivity (Wildman–Crippen MR) is 129 cm³/mol. The van der Waals surface area contributed by atoms with Crippen LogP contribution in [0.5, 0.6) is 0 Å². The van der Waals surface area contributed by atoms with Gasteiger partial charge in [0.25, 0.3) is 5.91 Å². The maximum atomic E-state index is 12.9. The average molecular weight is 481 g/mol. The second-order valence-electron chi connectivity index (χ2n) is 8.27. The van der Waals surface area contributed by atoms with Gasteiger partial charge in [-0.1, -0.05) is 36.0 Å². The highest BCUT2D eigenvalue weighted by Crippen LogP contribution is 2.31. The molecule has 2 heterocycles. The Balaban J connectivity index is 1.12. The van der Waals surface area contributed by atoms with E-state index in [1.54, 1.807) is 28.0 Å². The maximum absolute atomic E-state index is 12.9. The molecule has 0 bridgehead atoms. The number of aromatic nitrogens is 1. The minimum absolute atomic E-state index is 0.0464. The van der Waals surface area contributed by atoms with Crippen LogP contribution in [0.15, 0.2) is 52.9 Å². The molecular formula is C24H24N4O3S2. The van der Waals surface area contributed by atoms with Gasteiger partial charge in [-0.3, -0.25) is 14.4 Å². The van der Waals surface area contributed by atoms with Crippen molar-refractivity contribution in [2.75, 3.05) is 26.2 Å². The molecule has 0 unspecified atom stereocenters.